The molecule has 7 rings (SSSR count). The molecule has 1 amide bonds. The zero-order valence-corrected chi connectivity index (χ0v) is 21.8. The molecular weight excluding hydrogens is 506 g/mol. The first-order chi connectivity index (χ1) is 18.5. The van der Waals surface area contributed by atoms with E-state index in [9.17, 15) is 4.79 Å². The van der Waals surface area contributed by atoms with Crippen LogP contribution in [0.2, 0.25) is 5.02 Å². The summed E-state index contributed by atoms with van der Waals surface area (Å²) in [5.41, 5.74) is 4.02. The minimum absolute atomic E-state index is 0.234. The molecule has 0 radical (unpaired) electrons. The Labute approximate surface area is 224 Å². The zero-order valence-electron chi connectivity index (χ0n) is 21.0. The second-order valence-electron chi connectivity index (χ2n) is 9.74. The third kappa shape index (κ3) is 5.11. The lowest BCUT2D eigenvalue weighted by atomic mass is 10.1. The van der Waals surface area contributed by atoms with Gasteiger partial charge in [-0.3, -0.25) is 9.48 Å². The molecule has 0 aliphatic carbocycles. The van der Waals surface area contributed by atoms with Crippen LogP contribution in [0.3, 0.4) is 0 Å². The summed E-state index contributed by atoms with van der Waals surface area (Å²) < 4.78 is 9.24. The SMILES string of the molecule is Cc1nc(N2CC3CCCC2CO3)ccc1Cn1cc(C(=O)NCc2cc(Cl)ccc2-n2cnnn2)cn1. The minimum atomic E-state index is -0.234. The fourth-order valence-corrected chi connectivity index (χ4v) is 5.34. The van der Waals surface area contributed by atoms with Gasteiger partial charge in [0.15, 0.2) is 0 Å². The Morgan fingerprint density at radius 2 is 2.13 bits per heavy atom. The van der Waals surface area contributed by atoms with Crippen LogP contribution in [0.5, 0.6) is 0 Å². The molecular formula is C26H28ClN9O2. The summed E-state index contributed by atoms with van der Waals surface area (Å²) in [7, 11) is 0. The van der Waals surface area contributed by atoms with Crippen LogP contribution in [0, 0.1) is 6.92 Å². The molecule has 38 heavy (non-hydrogen) atoms. The second-order valence-corrected chi connectivity index (χ2v) is 10.2. The lowest BCUT2D eigenvalue weighted by molar-refractivity contribution is 0.0304. The molecule has 3 aromatic heterocycles. The molecule has 3 fully saturated rings. The number of morpholine rings is 1. The zero-order chi connectivity index (χ0) is 26.1. The Bertz CT molecular complexity index is 1430. The molecule has 196 valence electrons. The highest BCUT2D eigenvalue weighted by Gasteiger charge is 2.33. The van der Waals surface area contributed by atoms with E-state index in [2.05, 4.69) is 43.0 Å². The van der Waals surface area contributed by atoms with Gasteiger partial charge in [0.05, 0.1) is 42.7 Å². The third-order valence-electron chi connectivity index (χ3n) is 7.21. The lowest BCUT2D eigenvalue weighted by Crippen LogP contribution is -2.47. The van der Waals surface area contributed by atoms with Crippen molar-refractivity contribution in [2.24, 2.45) is 0 Å². The van der Waals surface area contributed by atoms with Crippen LogP contribution >= 0.6 is 11.6 Å². The number of nitrogens with zero attached hydrogens (tertiary/aromatic N) is 8. The molecule has 3 saturated heterocycles. The Hall–Kier alpha value is -3.83. The maximum Gasteiger partial charge on any atom is 0.254 e. The number of halogens is 1. The number of benzene rings is 1. The maximum absolute atomic E-state index is 12.9. The summed E-state index contributed by atoms with van der Waals surface area (Å²) in [5, 5.41) is 19.2. The predicted molar refractivity (Wildman–Crippen MR) is 140 cm³/mol. The van der Waals surface area contributed by atoms with Crippen molar-refractivity contribution >= 4 is 23.3 Å². The molecule has 0 spiro atoms. The number of nitrogens with one attached hydrogen (secondary N) is 1. The van der Waals surface area contributed by atoms with E-state index >= 15 is 0 Å². The first-order valence-corrected chi connectivity index (χ1v) is 13.1. The number of aryl methyl sites for hydroxylation is 1. The lowest BCUT2D eigenvalue weighted by Gasteiger charge is -2.37. The average molecular weight is 534 g/mol. The summed E-state index contributed by atoms with van der Waals surface area (Å²) in [4.78, 5) is 20.2. The van der Waals surface area contributed by atoms with E-state index in [-0.39, 0.29) is 12.5 Å². The Morgan fingerprint density at radius 3 is 2.97 bits per heavy atom. The van der Waals surface area contributed by atoms with Gasteiger partial charge in [-0.2, -0.15) is 5.10 Å². The van der Waals surface area contributed by atoms with Crippen LogP contribution in [-0.2, 0) is 17.8 Å². The van der Waals surface area contributed by atoms with Crippen LogP contribution in [0.25, 0.3) is 5.69 Å². The van der Waals surface area contributed by atoms with Gasteiger partial charge in [0.2, 0.25) is 0 Å². The number of anilines is 1. The van der Waals surface area contributed by atoms with Gasteiger partial charge in [-0.25, -0.2) is 9.67 Å². The van der Waals surface area contributed by atoms with E-state index < -0.39 is 0 Å². The van der Waals surface area contributed by atoms with Gasteiger partial charge in [0, 0.05) is 30.0 Å². The van der Waals surface area contributed by atoms with E-state index in [1.165, 1.54) is 17.4 Å². The van der Waals surface area contributed by atoms with E-state index in [4.69, 9.17) is 21.3 Å². The van der Waals surface area contributed by atoms with Gasteiger partial charge >= 0.3 is 0 Å². The molecule has 1 N–H and O–H groups in total. The number of hydrogen-bond donors (Lipinski definition) is 1. The molecule has 2 bridgehead atoms. The number of aromatic nitrogens is 7. The number of carbonyl (C=O) groups excluding carboxylic acids is 1. The first kappa shape index (κ1) is 24.5. The summed E-state index contributed by atoms with van der Waals surface area (Å²) in [6, 6.07) is 9.95. The van der Waals surface area contributed by atoms with Crippen molar-refractivity contribution < 1.29 is 9.53 Å². The highest BCUT2D eigenvalue weighted by molar-refractivity contribution is 6.30. The normalized spacial score (nSPS) is 18.9. The first-order valence-electron chi connectivity index (χ1n) is 12.7. The number of ether oxygens (including phenoxy) is 1. The highest BCUT2D eigenvalue weighted by atomic mass is 35.5. The number of pyridine rings is 1. The van der Waals surface area contributed by atoms with Crippen molar-refractivity contribution in [1.29, 1.82) is 0 Å². The Morgan fingerprint density at radius 1 is 1.21 bits per heavy atom. The topological polar surface area (TPSA) is 116 Å². The molecule has 11 nitrogen and oxygen atoms in total. The molecule has 2 unspecified atom stereocenters. The quantitative estimate of drug-likeness (QED) is 0.385. The molecule has 6 heterocycles. The van der Waals surface area contributed by atoms with Crippen molar-refractivity contribution in [1.82, 2.24) is 40.3 Å². The number of hydrogen-bond acceptors (Lipinski definition) is 8. The summed E-state index contributed by atoms with van der Waals surface area (Å²) in [6.07, 6.45) is 8.58. The summed E-state index contributed by atoms with van der Waals surface area (Å²) in [5.74, 6) is 0.775. The fourth-order valence-electron chi connectivity index (χ4n) is 5.15. The molecule has 3 aliphatic heterocycles. The molecule has 0 saturated carbocycles. The summed E-state index contributed by atoms with van der Waals surface area (Å²) >= 11 is 6.18. The van der Waals surface area contributed by atoms with Crippen LogP contribution in [-0.4, -0.2) is 66.2 Å². The standard InChI is InChI=1S/C26H28ClN9O2/c1-17-18(5-8-25(31-17)35-14-23-4-2-3-22(35)15-38-23)12-34-13-20(11-30-34)26(37)28-10-19-9-21(27)6-7-24(19)36-16-29-32-33-36/h5-9,11,13,16,22-23H,2-4,10,12,14-15H2,1H3,(H,28,37). The number of rotatable bonds is 7. The van der Waals surface area contributed by atoms with Crippen molar-refractivity contribution in [2.45, 2.75) is 51.4 Å². The molecule has 3 aliphatic rings. The number of carbonyl (C=O) groups is 1. The summed E-state index contributed by atoms with van der Waals surface area (Å²) in [6.45, 7) is 4.49. The molecule has 12 heteroatoms. The van der Waals surface area contributed by atoms with Gasteiger partial charge in [-0.1, -0.05) is 17.7 Å². The van der Waals surface area contributed by atoms with Gasteiger partial charge in [-0.15, -0.1) is 5.10 Å². The van der Waals surface area contributed by atoms with Gasteiger partial charge in [-0.05, 0) is 72.0 Å². The smallest absolute Gasteiger partial charge is 0.254 e. The number of fused-ring (bicyclic) bond motifs is 4. The highest BCUT2D eigenvalue weighted by Crippen LogP contribution is 2.29. The van der Waals surface area contributed by atoms with Crippen LogP contribution < -0.4 is 10.2 Å². The van der Waals surface area contributed by atoms with Crippen LogP contribution in [0.4, 0.5) is 5.82 Å². The molecule has 1 aromatic carbocycles. The Balaban J connectivity index is 1.11. The monoisotopic (exact) mass is 533 g/mol. The largest absolute Gasteiger partial charge is 0.374 e. The van der Waals surface area contributed by atoms with Crippen molar-refractivity contribution in [3.05, 3.63) is 76.5 Å². The number of tetrazole rings is 1. The van der Waals surface area contributed by atoms with Gasteiger partial charge in [0.1, 0.15) is 12.1 Å². The third-order valence-corrected chi connectivity index (χ3v) is 7.44. The number of amides is 1. The average Bonchev–Trinajstić information content (AvgIpc) is 3.53. The van der Waals surface area contributed by atoms with E-state index in [0.29, 0.717) is 29.3 Å². The van der Waals surface area contributed by atoms with E-state index in [0.717, 1.165) is 54.3 Å². The van der Waals surface area contributed by atoms with E-state index in [1.54, 1.807) is 29.2 Å². The van der Waals surface area contributed by atoms with Crippen LogP contribution in [0.1, 0.15) is 46.4 Å². The maximum atomic E-state index is 12.9. The van der Waals surface area contributed by atoms with Crippen molar-refractivity contribution in [3.63, 3.8) is 0 Å². The second kappa shape index (κ2) is 10.5. The molecule has 4 aromatic rings. The van der Waals surface area contributed by atoms with Gasteiger partial charge < -0.3 is 15.0 Å². The van der Waals surface area contributed by atoms with Crippen molar-refractivity contribution in [3.8, 4) is 5.69 Å². The minimum Gasteiger partial charge on any atom is -0.374 e. The van der Waals surface area contributed by atoms with Crippen LogP contribution in [0.15, 0.2) is 49.1 Å². The van der Waals surface area contributed by atoms with Crippen molar-refractivity contribution in [2.75, 3.05) is 18.1 Å². The Kier molecular flexibility index (Phi) is 6.77. The predicted octanol–water partition coefficient (Wildman–Crippen LogP) is 2.95. The molecule has 2 atom stereocenters. The van der Waals surface area contributed by atoms with Gasteiger partial charge in [0.25, 0.3) is 5.91 Å². The fraction of sp³-hybridized carbons (Fsp3) is 0.385. The van der Waals surface area contributed by atoms with E-state index in [1.807, 2.05) is 13.0 Å².